The zero-order valence-corrected chi connectivity index (χ0v) is 11.6. The lowest BCUT2D eigenvalue weighted by atomic mass is 10.2. The van der Waals surface area contributed by atoms with Crippen molar-refractivity contribution in [1.82, 2.24) is 5.06 Å². The Bertz CT molecular complexity index is 560. The minimum atomic E-state index is -0.839. The Morgan fingerprint density at radius 3 is 2.81 bits per heavy atom. The molecule has 21 heavy (non-hydrogen) atoms. The molecule has 0 aliphatic heterocycles. The maximum Gasteiger partial charge on any atom is 0.345 e. The van der Waals surface area contributed by atoms with Crippen molar-refractivity contribution in [3.8, 4) is 0 Å². The summed E-state index contributed by atoms with van der Waals surface area (Å²) in [5, 5.41) is 34.6. The molecule has 0 radical (unpaired) electrons. The van der Waals surface area contributed by atoms with Crippen LogP contribution >= 0.6 is 0 Å². The van der Waals surface area contributed by atoms with Crippen LogP contribution in [-0.2, 0) is 0 Å². The van der Waals surface area contributed by atoms with E-state index in [1.54, 1.807) is 13.8 Å². The highest BCUT2D eigenvalue weighted by Gasteiger charge is 2.19. The van der Waals surface area contributed by atoms with Crippen molar-refractivity contribution in [2.75, 3.05) is 5.32 Å². The predicted molar refractivity (Wildman–Crippen MR) is 74.7 cm³/mol. The molecule has 1 aromatic rings. The summed E-state index contributed by atoms with van der Waals surface area (Å²) in [6.07, 6.45) is 0.176. The normalized spacial score (nSPS) is 12.6. The summed E-state index contributed by atoms with van der Waals surface area (Å²) in [5.41, 5.74) is 0.367. The molecule has 2 amide bonds. The molecule has 0 aromatic heterocycles. The standard InChI is InChI=1S/C12H16N4O5/c1-8(14-18)6-9(2)15(19)12(17)13-10-4-3-5-11(7-10)16(20)21/h3-5,7,9,18-19H,6H2,1-2H3,(H,13,17)/b14-8-/t9-/m0/s1. The molecule has 9 nitrogen and oxygen atoms in total. The van der Waals surface area contributed by atoms with Gasteiger partial charge in [0.15, 0.2) is 0 Å². The van der Waals surface area contributed by atoms with Gasteiger partial charge in [0.25, 0.3) is 5.69 Å². The van der Waals surface area contributed by atoms with Gasteiger partial charge in [-0.2, -0.15) is 0 Å². The molecule has 0 spiro atoms. The number of nitro groups is 1. The number of amides is 2. The molecular weight excluding hydrogens is 280 g/mol. The number of anilines is 1. The summed E-state index contributed by atoms with van der Waals surface area (Å²) < 4.78 is 0. The number of non-ortho nitro benzene ring substituents is 1. The maximum absolute atomic E-state index is 11.8. The van der Waals surface area contributed by atoms with Gasteiger partial charge in [-0.15, -0.1) is 0 Å². The summed E-state index contributed by atoms with van der Waals surface area (Å²) in [5.74, 6) is 0. The average molecular weight is 296 g/mol. The van der Waals surface area contributed by atoms with Crippen molar-refractivity contribution in [3.05, 3.63) is 34.4 Å². The Hall–Kier alpha value is -2.68. The second kappa shape index (κ2) is 7.20. The molecule has 0 fully saturated rings. The minimum Gasteiger partial charge on any atom is -0.411 e. The molecule has 0 heterocycles. The van der Waals surface area contributed by atoms with E-state index in [1.165, 1.54) is 24.3 Å². The Balaban J connectivity index is 2.72. The highest BCUT2D eigenvalue weighted by Crippen LogP contribution is 2.17. The summed E-state index contributed by atoms with van der Waals surface area (Å²) in [4.78, 5) is 21.8. The number of hydroxylamine groups is 2. The first-order valence-electron chi connectivity index (χ1n) is 6.06. The Kier molecular flexibility index (Phi) is 5.61. The van der Waals surface area contributed by atoms with Crippen LogP contribution in [0.5, 0.6) is 0 Å². The number of hydrogen-bond donors (Lipinski definition) is 3. The summed E-state index contributed by atoms with van der Waals surface area (Å²) in [7, 11) is 0. The number of oxime groups is 1. The topological polar surface area (TPSA) is 128 Å². The van der Waals surface area contributed by atoms with Gasteiger partial charge in [-0.1, -0.05) is 11.2 Å². The number of nitro benzene ring substituents is 1. The summed E-state index contributed by atoms with van der Waals surface area (Å²) >= 11 is 0. The molecule has 0 aliphatic carbocycles. The predicted octanol–water partition coefficient (Wildman–Crippen LogP) is 2.45. The zero-order valence-electron chi connectivity index (χ0n) is 11.6. The van der Waals surface area contributed by atoms with Gasteiger partial charge in [0.2, 0.25) is 0 Å². The van der Waals surface area contributed by atoms with Crippen LogP contribution in [-0.4, -0.2) is 38.2 Å². The number of benzene rings is 1. The van der Waals surface area contributed by atoms with E-state index in [1.807, 2.05) is 0 Å². The van der Waals surface area contributed by atoms with Gasteiger partial charge in [-0.25, -0.2) is 9.86 Å². The lowest BCUT2D eigenvalue weighted by molar-refractivity contribution is -0.384. The largest absolute Gasteiger partial charge is 0.411 e. The third-order valence-corrected chi connectivity index (χ3v) is 2.70. The molecule has 3 N–H and O–H groups in total. The fourth-order valence-corrected chi connectivity index (χ4v) is 1.63. The maximum atomic E-state index is 11.8. The number of hydrogen-bond acceptors (Lipinski definition) is 6. The van der Waals surface area contributed by atoms with E-state index in [-0.39, 0.29) is 17.8 Å². The van der Waals surface area contributed by atoms with Crippen LogP contribution in [0.3, 0.4) is 0 Å². The van der Waals surface area contributed by atoms with Crippen molar-refractivity contribution >= 4 is 23.1 Å². The van der Waals surface area contributed by atoms with Crippen LogP contribution in [0, 0.1) is 10.1 Å². The zero-order chi connectivity index (χ0) is 16.0. The molecule has 114 valence electrons. The summed E-state index contributed by atoms with van der Waals surface area (Å²) in [6.45, 7) is 3.10. The van der Waals surface area contributed by atoms with E-state index in [0.29, 0.717) is 10.8 Å². The summed E-state index contributed by atoms with van der Waals surface area (Å²) in [6, 6.07) is 3.88. The van der Waals surface area contributed by atoms with E-state index in [4.69, 9.17) is 5.21 Å². The minimum absolute atomic E-state index is 0.173. The molecule has 0 aliphatic rings. The second-order valence-electron chi connectivity index (χ2n) is 4.47. The number of carbonyl (C=O) groups excluding carboxylic acids is 1. The van der Waals surface area contributed by atoms with Crippen molar-refractivity contribution < 1.29 is 20.1 Å². The van der Waals surface area contributed by atoms with E-state index in [2.05, 4.69) is 10.5 Å². The van der Waals surface area contributed by atoms with Gasteiger partial charge >= 0.3 is 6.03 Å². The first-order chi connectivity index (χ1) is 9.85. The SMILES string of the molecule is C/C(C[C@H](C)N(O)C(=O)Nc1cccc([N+](=O)[O-])c1)=N/O. The van der Waals surface area contributed by atoms with Crippen molar-refractivity contribution in [3.63, 3.8) is 0 Å². The third kappa shape index (κ3) is 4.73. The lowest BCUT2D eigenvalue weighted by Crippen LogP contribution is -2.39. The van der Waals surface area contributed by atoms with Gasteiger partial charge in [0, 0.05) is 24.2 Å². The highest BCUT2D eigenvalue weighted by molar-refractivity contribution is 5.89. The Morgan fingerprint density at radius 1 is 1.57 bits per heavy atom. The van der Waals surface area contributed by atoms with Crippen LogP contribution in [0.15, 0.2) is 29.4 Å². The number of nitrogens with one attached hydrogen (secondary N) is 1. The van der Waals surface area contributed by atoms with Gasteiger partial charge in [0.1, 0.15) is 0 Å². The quantitative estimate of drug-likeness (QED) is 0.253. The van der Waals surface area contributed by atoms with Crippen LogP contribution in [0.2, 0.25) is 0 Å². The van der Waals surface area contributed by atoms with E-state index < -0.39 is 17.0 Å². The lowest BCUT2D eigenvalue weighted by Gasteiger charge is -2.22. The second-order valence-corrected chi connectivity index (χ2v) is 4.47. The Labute approximate surface area is 120 Å². The van der Waals surface area contributed by atoms with E-state index in [0.717, 1.165) is 0 Å². The van der Waals surface area contributed by atoms with Crippen LogP contribution in [0.4, 0.5) is 16.2 Å². The van der Waals surface area contributed by atoms with Crippen molar-refractivity contribution in [2.24, 2.45) is 5.16 Å². The monoisotopic (exact) mass is 296 g/mol. The fourth-order valence-electron chi connectivity index (χ4n) is 1.63. The molecule has 0 saturated carbocycles. The van der Waals surface area contributed by atoms with Crippen molar-refractivity contribution in [1.29, 1.82) is 0 Å². The fraction of sp³-hybridized carbons (Fsp3) is 0.333. The van der Waals surface area contributed by atoms with Gasteiger partial charge in [-0.05, 0) is 19.9 Å². The molecule has 0 unspecified atom stereocenters. The molecule has 9 heteroatoms. The molecule has 1 rings (SSSR count). The first kappa shape index (κ1) is 16.4. The van der Waals surface area contributed by atoms with Gasteiger partial charge < -0.3 is 10.5 Å². The molecular formula is C12H16N4O5. The number of carbonyl (C=O) groups is 1. The van der Waals surface area contributed by atoms with E-state index >= 15 is 0 Å². The van der Waals surface area contributed by atoms with Gasteiger partial charge in [-0.3, -0.25) is 15.3 Å². The third-order valence-electron chi connectivity index (χ3n) is 2.70. The Morgan fingerprint density at radius 2 is 2.24 bits per heavy atom. The molecule has 1 atom stereocenters. The molecule has 0 saturated heterocycles. The number of rotatable bonds is 5. The van der Waals surface area contributed by atoms with Crippen LogP contribution in [0.25, 0.3) is 0 Å². The van der Waals surface area contributed by atoms with Gasteiger partial charge in [0.05, 0.1) is 16.7 Å². The van der Waals surface area contributed by atoms with Crippen LogP contribution < -0.4 is 5.32 Å². The first-order valence-corrected chi connectivity index (χ1v) is 6.06. The number of nitrogens with zero attached hydrogens (tertiary/aromatic N) is 3. The highest BCUT2D eigenvalue weighted by atomic mass is 16.6. The molecule has 1 aromatic carbocycles. The van der Waals surface area contributed by atoms with Crippen molar-refractivity contribution in [2.45, 2.75) is 26.3 Å². The number of urea groups is 1. The van der Waals surface area contributed by atoms with Crippen LogP contribution in [0.1, 0.15) is 20.3 Å². The molecule has 0 bridgehead atoms. The average Bonchev–Trinajstić information content (AvgIpc) is 2.46. The smallest absolute Gasteiger partial charge is 0.345 e. The van der Waals surface area contributed by atoms with E-state index in [9.17, 15) is 20.1 Å².